The molecule has 3 aromatic rings. The monoisotopic (exact) mass is 437 g/mol. The molecule has 0 fully saturated rings. The number of rotatable bonds is 9. The minimum Gasteiger partial charge on any atom is -0.353 e. The Balaban J connectivity index is 1.25. The van der Waals surface area contributed by atoms with E-state index in [1.807, 2.05) is 24.3 Å². The Morgan fingerprint density at radius 1 is 0.839 bits per heavy atom. The predicted molar refractivity (Wildman–Crippen MR) is 117 cm³/mol. The summed E-state index contributed by atoms with van der Waals surface area (Å²) in [5, 5.41) is 6.49. The van der Waals surface area contributed by atoms with Crippen molar-refractivity contribution < 1.29 is 13.2 Å². The standard InChI is InChI=1S/C22H23N5O3S/c28-21-19-4-1-2-5-20(19)31(29,30)27(21)16-18-8-6-17(7-9-18)10-13-23-14-15-26-22-24-11-3-12-25-22/h1-9,11-12,23H,10,13-16H2,(H,24,25,26). The first-order valence-electron chi connectivity index (χ1n) is 10.0. The van der Waals surface area contributed by atoms with Gasteiger partial charge >= 0.3 is 0 Å². The van der Waals surface area contributed by atoms with E-state index in [1.54, 1.807) is 36.7 Å². The summed E-state index contributed by atoms with van der Waals surface area (Å²) in [5.74, 6) is 0.139. The van der Waals surface area contributed by atoms with Crippen LogP contribution < -0.4 is 10.6 Å². The van der Waals surface area contributed by atoms with Gasteiger partial charge in [-0.1, -0.05) is 36.4 Å². The lowest BCUT2D eigenvalue weighted by molar-refractivity contribution is 0.0865. The normalized spacial score (nSPS) is 14.5. The van der Waals surface area contributed by atoms with Crippen LogP contribution in [0.4, 0.5) is 5.95 Å². The second kappa shape index (κ2) is 9.23. The van der Waals surface area contributed by atoms with Gasteiger partial charge in [-0.05, 0) is 42.3 Å². The number of anilines is 1. The summed E-state index contributed by atoms with van der Waals surface area (Å²) in [6.45, 7) is 2.35. The van der Waals surface area contributed by atoms with Crippen molar-refractivity contribution in [1.82, 2.24) is 19.6 Å². The van der Waals surface area contributed by atoms with Crippen LogP contribution in [-0.4, -0.2) is 48.2 Å². The van der Waals surface area contributed by atoms with E-state index in [4.69, 9.17) is 0 Å². The predicted octanol–water partition coefficient (Wildman–Crippen LogP) is 2.07. The number of aromatic nitrogens is 2. The maximum absolute atomic E-state index is 12.7. The Bertz CT molecular complexity index is 1150. The van der Waals surface area contributed by atoms with Gasteiger partial charge in [0.05, 0.1) is 12.1 Å². The maximum atomic E-state index is 12.7. The summed E-state index contributed by atoms with van der Waals surface area (Å²) >= 11 is 0. The van der Waals surface area contributed by atoms with Gasteiger partial charge in [0.25, 0.3) is 15.9 Å². The lowest BCUT2D eigenvalue weighted by atomic mass is 10.1. The molecule has 0 saturated carbocycles. The zero-order chi connectivity index (χ0) is 21.7. The molecule has 0 aliphatic carbocycles. The van der Waals surface area contributed by atoms with Crippen molar-refractivity contribution in [2.24, 2.45) is 0 Å². The first-order valence-corrected chi connectivity index (χ1v) is 11.5. The van der Waals surface area contributed by atoms with Gasteiger partial charge in [0.1, 0.15) is 4.90 Å². The smallest absolute Gasteiger partial charge is 0.269 e. The molecule has 2 N–H and O–H groups in total. The van der Waals surface area contributed by atoms with Crippen LogP contribution >= 0.6 is 0 Å². The van der Waals surface area contributed by atoms with Crippen LogP contribution in [0.15, 0.2) is 71.9 Å². The molecule has 1 aliphatic rings. The molecule has 0 atom stereocenters. The molecule has 0 spiro atoms. The average Bonchev–Trinajstić information content (AvgIpc) is 2.99. The van der Waals surface area contributed by atoms with Crippen LogP contribution in [0.2, 0.25) is 0 Å². The molecule has 0 saturated heterocycles. The minimum atomic E-state index is -3.79. The van der Waals surface area contributed by atoms with Crippen LogP contribution in [0.25, 0.3) is 0 Å². The van der Waals surface area contributed by atoms with Crippen LogP contribution in [0, 0.1) is 0 Å². The topological polar surface area (TPSA) is 104 Å². The molecule has 1 amide bonds. The highest BCUT2D eigenvalue weighted by Gasteiger charge is 2.40. The second-order valence-corrected chi connectivity index (χ2v) is 8.96. The molecule has 8 nitrogen and oxygen atoms in total. The van der Waals surface area contributed by atoms with Crippen molar-refractivity contribution >= 4 is 21.9 Å². The van der Waals surface area contributed by atoms with E-state index in [0.29, 0.717) is 5.95 Å². The molecular formula is C22H23N5O3S. The van der Waals surface area contributed by atoms with E-state index in [-0.39, 0.29) is 17.0 Å². The third-order valence-electron chi connectivity index (χ3n) is 5.00. The number of nitrogens with zero attached hydrogens (tertiary/aromatic N) is 3. The Morgan fingerprint density at radius 3 is 2.29 bits per heavy atom. The van der Waals surface area contributed by atoms with E-state index in [1.165, 1.54) is 6.07 Å². The van der Waals surface area contributed by atoms with Gasteiger partial charge < -0.3 is 10.6 Å². The number of carbonyl (C=O) groups is 1. The molecule has 1 aromatic heterocycles. The fourth-order valence-electron chi connectivity index (χ4n) is 3.38. The summed E-state index contributed by atoms with van der Waals surface area (Å²) in [6.07, 6.45) is 4.23. The van der Waals surface area contributed by atoms with Gasteiger partial charge in [0.2, 0.25) is 5.95 Å². The van der Waals surface area contributed by atoms with Crippen molar-refractivity contribution in [1.29, 1.82) is 0 Å². The van der Waals surface area contributed by atoms with Crippen LogP contribution in [0.1, 0.15) is 21.5 Å². The fourth-order valence-corrected chi connectivity index (χ4v) is 4.93. The van der Waals surface area contributed by atoms with Crippen molar-refractivity contribution in [2.75, 3.05) is 25.0 Å². The molecular weight excluding hydrogens is 414 g/mol. The lowest BCUT2D eigenvalue weighted by Gasteiger charge is -2.15. The molecule has 0 unspecified atom stereocenters. The van der Waals surface area contributed by atoms with E-state index >= 15 is 0 Å². The largest absolute Gasteiger partial charge is 0.353 e. The number of fused-ring (bicyclic) bond motifs is 1. The molecule has 4 rings (SSSR count). The summed E-state index contributed by atoms with van der Waals surface area (Å²) in [7, 11) is -3.79. The van der Waals surface area contributed by atoms with Gasteiger partial charge in [-0.25, -0.2) is 22.7 Å². The maximum Gasteiger partial charge on any atom is 0.269 e. The first kappa shape index (κ1) is 21.0. The summed E-state index contributed by atoms with van der Waals surface area (Å²) in [6, 6.07) is 15.8. The number of nitrogens with one attached hydrogen (secondary N) is 2. The van der Waals surface area contributed by atoms with Crippen molar-refractivity contribution in [3.05, 3.63) is 83.7 Å². The van der Waals surface area contributed by atoms with Crippen molar-refractivity contribution in [2.45, 2.75) is 17.9 Å². The highest BCUT2D eigenvalue weighted by molar-refractivity contribution is 7.90. The molecule has 0 radical (unpaired) electrons. The molecule has 160 valence electrons. The zero-order valence-electron chi connectivity index (χ0n) is 16.9. The fraction of sp³-hybridized carbons (Fsp3) is 0.227. The summed E-state index contributed by atoms with van der Waals surface area (Å²) < 4.78 is 26.3. The van der Waals surface area contributed by atoms with Gasteiger partial charge in [-0.3, -0.25) is 4.79 Å². The van der Waals surface area contributed by atoms with Gasteiger partial charge in [-0.2, -0.15) is 0 Å². The quantitative estimate of drug-likeness (QED) is 0.494. The van der Waals surface area contributed by atoms with E-state index in [0.717, 1.165) is 41.5 Å². The average molecular weight is 438 g/mol. The molecule has 2 aromatic carbocycles. The third-order valence-corrected chi connectivity index (χ3v) is 6.79. The first-order chi connectivity index (χ1) is 15.1. The second-order valence-electron chi connectivity index (χ2n) is 7.13. The van der Waals surface area contributed by atoms with Crippen LogP contribution in [0.3, 0.4) is 0 Å². The number of hydrogen-bond donors (Lipinski definition) is 2. The summed E-state index contributed by atoms with van der Waals surface area (Å²) in [5.41, 5.74) is 2.14. The van der Waals surface area contributed by atoms with Crippen molar-refractivity contribution in [3.63, 3.8) is 0 Å². The lowest BCUT2D eigenvalue weighted by Crippen LogP contribution is -2.29. The van der Waals surface area contributed by atoms with Gasteiger partial charge in [0, 0.05) is 25.5 Å². The van der Waals surface area contributed by atoms with Gasteiger partial charge in [0.15, 0.2) is 0 Å². The highest BCUT2D eigenvalue weighted by Crippen LogP contribution is 2.31. The minimum absolute atomic E-state index is 0.0294. The Labute approximate surface area is 181 Å². The number of amides is 1. The Hall–Kier alpha value is -3.30. The molecule has 1 aliphatic heterocycles. The SMILES string of the molecule is O=C1c2ccccc2S(=O)(=O)N1Cc1ccc(CCNCCNc2ncccn2)cc1. The molecule has 31 heavy (non-hydrogen) atoms. The molecule has 9 heteroatoms. The van der Waals surface area contributed by atoms with E-state index < -0.39 is 15.9 Å². The number of sulfonamides is 1. The number of benzene rings is 2. The Morgan fingerprint density at radius 2 is 1.55 bits per heavy atom. The van der Waals surface area contributed by atoms with Crippen molar-refractivity contribution in [3.8, 4) is 0 Å². The summed E-state index contributed by atoms with van der Waals surface area (Å²) in [4.78, 5) is 20.8. The van der Waals surface area contributed by atoms with E-state index in [9.17, 15) is 13.2 Å². The Kier molecular flexibility index (Phi) is 6.24. The third kappa shape index (κ3) is 4.73. The zero-order valence-corrected chi connectivity index (χ0v) is 17.7. The molecule has 2 heterocycles. The van der Waals surface area contributed by atoms with E-state index in [2.05, 4.69) is 20.6 Å². The highest BCUT2D eigenvalue weighted by atomic mass is 32.2. The number of hydrogen-bond acceptors (Lipinski definition) is 7. The number of carbonyl (C=O) groups excluding carboxylic acids is 1. The van der Waals surface area contributed by atoms with Crippen LogP contribution in [0.5, 0.6) is 0 Å². The van der Waals surface area contributed by atoms with Gasteiger partial charge in [-0.15, -0.1) is 0 Å². The van der Waals surface area contributed by atoms with Crippen LogP contribution in [-0.2, 0) is 23.0 Å². The molecule has 0 bridgehead atoms.